The van der Waals surface area contributed by atoms with E-state index < -0.39 is 0 Å². The van der Waals surface area contributed by atoms with E-state index in [1.807, 2.05) is 24.7 Å². The molecule has 1 fully saturated rings. The molecule has 3 heterocycles. The van der Waals surface area contributed by atoms with Crippen LogP contribution in [0.15, 0.2) is 46.5 Å². The van der Waals surface area contributed by atoms with Crippen LogP contribution < -0.4 is 5.32 Å². The summed E-state index contributed by atoms with van der Waals surface area (Å²) in [5.41, 5.74) is 0. The lowest BCUT2D eigenvalue weighted by Gasteiger charge is -2.39. The van der Waals surface area contributed by atoms with Crippen LogP contribution in [0.25, 0.3) is 0 Å². The number of guanidine groups is 1. The number of likely N-dealkylation sites (tertiary alicyclic amines) is 1. The van der Waals surface area contributed by atoms with Crippen LogP contribution in [0.4, 0.5) is 0 Å². The normalized spacial score (nSPS) is 20.6. The first-order valence-electron chi connectivity index (χ1n) is 9.66. The fourth-order valence-corrected chi connectivity index (χ4v) is 3.38. The first kappa shape index (κ1) is 21.8. The summed E-state index contributed by atoms with van der Waals surface area (Å²) >= 11 is 0. The minimum absolute atomic E-state index is 0. The van der Waals surface area contributed by atoms with E-state index in [2.05, 4.69) is 46.7 Å². The van der Waals surface area contributed by atoms with Gasteiger partial charge in [-0.05, 0) is 30.4 Å². The molecular formula is C20H32IN5O. The molecule has 2 unspecified atom stereocenters. The van der Waals surface area contributed by atoms with Gasteiger partial charge in [-0.15, -0.1) is 24.0 Å². The van der Waals surface area contributed by atoms with Crippen LogP contribution in [0.2, 0.25) is 0 Å². The highest BCUT2D eigenvalue weighted by Gasteiger charge is 2.29. The Bertz CT molecular complexity index is 669. The molecule has 0 saturated carbocycles. The molecule has 0 bridgehead atoms. The molecule has 1 aliphatic heterocycles. The van der Waals surface area contributed by atoms with Gasteiger partial charge < -0.3 is 19.2 Å². The highest BCUT2D eigenvalue weighted by molar-refractivity contribution is 14.0. The van der Waals surface area contributed by atoms with Gasteiger partial charge in [0.25, 0.3) is 0 Å². The second kappa shape index (κ2) is 10.7. The Labute approximate surface area is 179 Å². The number of furan rings is 1. The molecule has 1 saturated heterocycles. The maximum atomic E-state index is 5.44. The van der Waals surface area contributed by atoms with Crippen LogP contribution in [0.3, 0.4) is 0 Å². The Morgan fingerprint density at radius 1 is 1.44 bits per heavy atom. The number of nitrogens with one attached hydrogen (secondary N) is 1. The number of imidazole rings is 1. The molecule has 0 spiro atoms. The first-order chi connectivity index (χ1) is 12.6. The van der Waals surface area contributed by atoms with Gasteiger partial charge in [0.2, 0.25) is 0 Å². The number of rotatable bonds is 6. The third-order valence-electron chi connectivity index (χ3n) is 4.97. The summed E-state index contributed by atoms with van der Waals surface area (Å²) < 4.78 is 7.67. The van der Waals surface area contributed by atoms with E-state index in [0.29, 0.717) is 17.9 Å². The van der Waals surface area contributed by atoms with E-state index in [4.69, 9.17) is 9.41 Å². The molecule has 1 aliphatic rings. The fraction of sp³-hybridized carbons (Fsp3) is 0.600. The van der Waals surface area contributed by atoms with Crippen molar-refractivity contribution in [3.05, 3.63) is 42.9 Å². The standard InChI is InChI=1S/C20H31N5O.HI/c1-16(2)13-23-20(22-8-6-18-5-4-12-26-18)24-10-7-17(3)19(14-24)25-11-9-21-15-25;/h4-5,9,11-12,15-17,19H,6-8,10,13-14H2,1-3H3,(H,22,23);1H. The SMILES string of the molecule is CC(C)CN=C(NCCc1ccco1)N1CCC(C)C(n2ccnc2)C1.I. The predicted octanol–water partition coefficient (Wildman–Crippen LogP) is 3.82. The molecule has 2 aromatic heterocycles. The van der Waals surface area contributed by atoms with E-state index in [9.17, 15) is 0 Å². The molecule has 27 heavy (non-hydrogen) atoms. The van der Waals surface area contributed by atoms with Crippen LogP contribution in [0.5, 0.6) is 0 Å². The minimum atomic E-state index is 0. The molecule has 0 amide bonds. The van der Waals surface area contributed by atoms with Crippen molar-refractivity contribution in [1.82, 2.24) is 19.8 Å². The van der Waals surface area contributed by atoms with E-state index in [-0.39, 0.29) is 24.0 Å². The Morgan fingerprint density at radius 2 is 2.30 bits per heavy atom. The second-order valence-electron chi connectivity index (χ2n) is 7.60. The van der Waals surface area contributed by atoms with Crippen LogP contribution in [-0.4, -0.2) is 46.6 Å². The van der Waals surface area contributed by atoms with Gasteiger partial charge in [-0.2, -0.15) is 0 Å². The number of aromatic nitrogens is 2. The first-order valence-corrected chi connectivity index (χ1v) is 9.66. The van der Waals surface area contributed by atoms with Crippen LogP contribution >= 0.6 is 24.0 Å². The zero-order valence-electron chi connectivity index (χ0n) is 16.5. The number of hydrogen-bond acceptors (Lipinski definition) is 3. The van der Waals surface area contributed by atoms with Gasteiger partial charge in [0.1, 0.15) is 5.76 Å². The third kappa shape index (κ3) is 6.26. The maximum Gasteiger partial charge on any atom is 0.194 e. The average molecular weight is 485 g/mol. The van der Waals surface area contributed by atoms with Gasteiger partial charge in [-0.25, -0.2) is 4.98 Å². The quantitative estimate of drug-likeness (QED) is 0.384. The lowest BCUT2D eigenvalue weighted by molar-refractivity contribution is 0.188. The maximum absolute atomic E-state index is 5.44. The predicted molar refractivity (Wildman–Crippen MR) is 120 cm³/mol. The number of nitrogens with zero attached hydrogens (tertiary/aromatic N) is 4. The molecule has 3 rings (SSSR count). The van der Waals surface area contributed by atoms with Gasteiger partial charge in [0.05, 0.1) is 18.6 Å². The lowest BCUT2D eigenvalue weighted by Crippen LogP contribution is -2.49. The van der Waals surface area contributed by atoms with Crippen LogP contribution in [0.1, 0.15) is 39.0 Å². The van der Waals surface area contributed by atoms with E-state index >= 15 is 0 Å². The van der Waals surface area contributed by atoms with Crippen LogP contribution in [0, 0.1) is 11.8 Å². The summed E-state index contributed by atoms with van der Waals surface area (Å²) in [6.07, 6.45) is 9.61. The molecule has 150 valence electrons. The third-order valence-corrected chi connectivity index (χ3v) is 4.97. The largest absolute Gasteiger partial charge is 0.469 e. The van der Waals surface area contributed by atoms with E-state index in [0.717, 1.165) is 50.7 Å². The number of hydrogen-bond donors (Lipinski definition) is 1. The molecule has 2 atom stereocenters. The summed E-state index contributed by atoms with van der Waals surface area (Å²) in [5.74, 6) is 3.20. The summed E-state index contributed by atoms with van der Waals surface area (Å²) in [7, 11) is 0. The summed E-state index contributed by atoms with van der Waals surface area (Å²) in [5, 5.41) is 3.55. The minimum Gasteiger partial charge on any atom is -0.469 e. The molecule has 0 aromatic carbocycles. The van der Waals surface area contributed by atoms with Gasteiger partial charge in [-0.1, -0.05) is 20.8 Å². The van der Waals surface area contributed by atoms with Crippen molar-refractivity contribution < 1.29 is 4.42 Å². The summed E-state index contributed by atoms with van der Waals surface area (Å²) in [6.45, 7) is 10.4. The molecule has 2 aromatic rings. The van der Waals surface area contributed by atoms with Gasteiger partial charge in [0.15, 0.2) is 5.96 Å². The highest BCUT2D eigenvalue weighted by atomic mass is 127. The monoisotopic (exact) mass is 485 g/mol. The van der Waals surface area contributed by atoms with Gasteiger partial charge in [-0.3, -0.25) is 4.99 Å². The van der Waals surface area contributed by atoms with Crippen molar-refractivity contribution in [2.45, 2.75) is 39.7 Å². The Balaban J connectivity index is 0.00000261. The van der Waals surface area contributed by atoms with Crippen molar-refractivity contribution in [2.75, 3.05) is 26.2 Å². The van der Waals surface area contributed by atoms with E-state index in [1.165, 1.54) is 0 Å². The molecule has 1 N–H and O–H groups in total. The molecular weight excluding hydrogens is 453 g/mol. The van der Waals surface area contributed by atoms with Crippen molar-refractivity contribution in [1.29, 1.82) is 0 Å². The van der Waals surface area contributed by atoms with Gasteiger partial charge >= 0.3 is 0 Å². The van der Waals surface area contributed by atoms with Crippen molar-refractivity contribution in [3.8, 4) is 0 Å². The smallest absolute Gasteiger partial charge is 0.194 e. The van der Waals surface area contributed by atoms with Crippen molar-refractivity contribution in [2.24, 2.45) is 16.8 Å². The number of halogens is 1. The average Bonchev–Trinajstić information content (AvgIpc) is 3.32. The topological polar surface area (TPSA) is 58.6 Å². The van der Waals surface area contributed by atoms with Crippen molar-refractivity contribution >= 4 is 29.9 Å². The summed E-state index contributed by atoms with van der Waals surface area (Å²) in [6, 6.07) is 4.39. The summed E-state index contributed by atoms with van der Waals surface area (Å²) in [4.78, 5) is 11.5. The fourth-order valence-electron chi connectivity index (χ4n) is 3.38. The number of aliphatic imine (C=N–C) groups is 1. The zero-order chi connectivity index (χ0) is 18.4. The highest BCUT2D eigenvalue weighted by Crippen LogP contribution is 2.27. The van der Waals surface area contributed by atoms with Gasteiger partial charge in [0, 0.05) is 45.0 Å². The lowest BCUT2D eigenvalue weighted by atomic mass is 9.93. The van der Waals surface area contributed by atoms with E-state index in [1.54, 1.807) is 6.26 Å². The zero-order valence-corrected chi connectivity index (χ0v) is 18.9. The Hall–Kier alpha value is -1.51. The Morgan fingerprint density at radius 3 is 2.96 bits per heavy atom. The number of piperidine rings is 1. The molecule has 6 nitrogen and oxygen atoms in total. The molecule has 0 radical (unpaired) electrons. The van der Waals surface area contributed by atoms with Crippen molar-refractivity contribution in [3.63, 3.8) is 0 Å². The second-order valence-corrected chi connectivity index (χ2v) is 7.60. The Kier molecular flexibility index (Phi) is 8.66. The van der Waals surface area contributed by atoms with Crippen LogP contribution in [-0.2, 0) is 6.42 Å². The molecule has 7 heteroatoms. The molecule has 0 aliphatic carbocycles.